The van der Waals surface area contributed by atoms with E-state index in [-0.39, 0.29) is 11.6 Å². The van der Waals surface area contributed by atoms with Gasteiger partial charge in [-0.05, 0) is 49.1 Å². The summed E-state index contributed by atoms with van der Waals surface area (Å²) in [5.74, 6) is 2.32. The largest absolute Gasteiger partial charge is 0.493 e. The Bertz CT molecular complexity index is 788. The molecular formula is C23H28O6. The van der Waals surface area contributed by atoms with Gasteiger partial charge in [0.05, 0.1) is 27.9 Å². The average Bonchev–Trinajstić information content (AvgIpc) is 3.51. The molecule has 0 aromatic heterocycles. The third kappa shape index (κ3) is 5.56. The fraction of sp³-hybridized carbons (Fsp3) is 0.435. The summed E-state index contributed by atoms with van der Waals surface area (Å²) >= 11 is 0. The molecule has 0 spiro atoms. The number of aryl methyl sites for hydroxylation is 1. The summed E-state index contributed by atoms with van der Waals surface area (Å²) in [6.45, 7) is 0.532. The van der Waals surface area contributed by atoms with Crippen LogP contribution in [0.2, 0.25) is 0 Å². The lowest BCUT2D eigenvalue weighted by Crippen LogP contribution is -2.22. The van der Waals surface area contributed by atoms with Crippen LogP contribution in [-0.4, -0.2) is 39.5 Å². The fourth-order valence-corrected chi connectivity index (χ4v) is 3.23. The molecule has 0 unspecified atom stereocenters. The molecule has 0 radical (unpaired) electrons. The molecule has 29 heavy (non-hydrogen) atoms. The predicted octanol–water partition coefficient (Wildman–Crippen LogP) is 4.19. The second-order valence-corrected chi connectivity index (χ2v) is 7.10. The van der Waals surface area contributed by atoms with E-state index in [9.17, 15) is 4.79 Å². The van der Waals surface area contributed by atoms with Crippen molar-refractivity contribution in [2.75, 3.05) is 27.9 Å². The van der Waals surface area contributed by atoms with Gasteiger partial charge in [0.1, 0.15) is 11.4 Å². The number of ether oxygens (including phenoxy) is 5. The van der Waals surface area contributed by atoms with Gasteiger partial charge < -0.3 is 23.7 Å². The van der Waals surface area contributed by atoms with E-state index in [1.807, 2.05) is 42.5 Å². The number of esters is 1. The number of methoxy groups -OCH3 is 3. The Morgan fingerprint density at radius 1 is 0.966 bits per heavy atom. The first kappa shape index (κ1) is 20.8. The summed E-state index contributed by atoms with van der Waals surface area (Å²) in [6.07, 6.45) is 3.31. The SMILES string of the molecule is COc1cc(CCC(=O)OC2(CCOc3ccccc3)CC2)cc(OC)c1OC. The zero-order valence-electron chi connectivity index (χ0n) is 17.2. The quantitative estimate of drug-likeness (QED) is 0.527. The molecule has 6 nitrogen and oxygen atoms in total. The van der Waals surface area contributed by atoms with Gasteiger partial charge in [0.15, 0.2) is 11.5 Å². The van der Waals surface area contributed by atoms with Crippen molar-refractivity contribution in [2.24, 2.45) is 0 Å². The topological polar surface area (TPSA) is 63.2 Å². The van der Waals surface area contributed by atoms with Crippen LogP contribution in [0.1, 0.15) is 31.2 Å². The number of carbonyl (C=O) groups excluding carboxylic acids is 1. The van der Waals surface area contributed by atoms with Crippen LogP contribution in [0, 0.1) is 0 Å². The third-order valence-corrected chi connectivity index (χ3v) is 5.05. The standard InChI is InChI=1S/C23H28O6/c1-25-19-15-17(16-20(26-2)22(19)27-3)9-10-21(24)29-23(11-12-23)13-14-28-18-7-5-4-6-8-18/h4-8,15-16H,9-14H2,1-3H3. The summed E-state index contributed by atoms with van der Waals surface area (Å²) in [4.78, 5) is 12.4. The number of rotatable bonds is 11. The van der Waals surface area contributed by atoms with Gasteiger partial charge in [0, 0.05) is 12.8 Å². The molecule has 1 aliphatic carbocycles. The Hall–Kier alpha value is -2.89. The van der Waals surface area contributed by atoms with Crippen molar-refractivity contribution in [3.8, 4) is 23.0 Å². The molecule has 0 N–H and O–H groups in total. The molecule has 3 rings (SSSR count). The Balaban J connectivity index is 1.49. The van der Waals surface area contributed by atoms with Crippen LogP contribution in [0.5, 0.6) is 23.0 Å². The van der Waals surface area contributed by atoms with Gasteiger partial charge in [-0.2, -0.15) is 0 Å². The van der Waals surface area contributed by atoms with Gasteiger partial charge in [-0.3, -0.25) is 4.79 Å². The smallest absolute Gasteiger partial charge is 0.306 e. The lowest BCUT2D eigenvalue weighted by atomic mass is 10.1. The van der Waals surface area contributed by atoms with Crippen molar-refractivity contribution in [1.29, 1.82) is 0 Å². The Morgan fingerprint density at radius 3 is 2.17 bits per heavy atom. The lowest BCUT2D eigenvalue weighted by Gasteiger charge is -2.17. The maximum absolute atomic E-state index is 12.4. The number of hydrogen-bond acceptors (Lipinski definition) is 6. The van der Waals surface area contributed by atoms with Gasteiger partial charge in [-0.15, -0.1) is 0 Å². The minimum atomic E-state index is -0.360. The van der Waals surface area contributed by atoms with E-state index in [1.54, 1.807) is 21.3 Å². The van der Waals surface area contributed by atoms with E-state index in [0.717, 1.165) is 24.2 Å². The van der Waals surface area contributed by atoms with E-state index in [4.69, 9.17) is 23.7 Å². The molecule has 0 aliphatic heterocycles. The molecule has 156 valence electrons. The van der Waals surface area contributed by atoms with E-state index in [2.05, 4.69) is 0 Å². The second kappa shape index (κ2) is 9.54. The molecule has 0 heterocycles. The first-order chi connectivity index (χ1) is 14.1. The Morgan fingerprint density at radius 2 is 1.62 bits per heavy atom. The van der Waals surface area contributed by atoms with Gasteiger partial charge in [-0.1, -0.05) is 18.2 Å². The zero-order valence-corrected chi connectivity index (χ0v) is 17.2. The summed E-state index contributed by atoms with van der Waals surface area (Å²) < 4.78 is 27.5. The summed E-state index contributed by atoms with van der Waals surface area (Å²) in [5, 5.41) is 0. The maximum atomic E-state index is 12.4. The van der Waals surface area contributed by atoms with E-state index in [1.165, 1.54) is 0 Å². The highest BCUT2D eigenvalue weighted by Gasteiger charge is 2.46. The normalized spacial score (nSPS) is 14.0. The fourth-order valence-electron chi connectivity index (χ4n) is 3.23. The highest BCUT2D eigenvalue weighted by Crippen LogP contribution is 2.43. The predicted molar refractivity (Wildman–Crippen MR) is 109 cm³/mol. The van der Waals surface area contributed by atoms with Crippen LogP contribution in [0.3, 0.4) is 0 Å². The average molecular weight is 400 g/mol. The van der Waals surface area contributed by atoms with Gasteiger partial charge >= 0.3 is 5.97 Å². The highest BCUT2D eigenvalue weighted by molar-refractivity contribution is 5.71. The molecule has 0 bridgehead atoms. The third-order valence-electron chi connectivity index (χ3n) is 5.05. The number of benzene rings is 2. The summed E-state index contributed by atoms with van der Waals surface area (Å²) in [6, 6.07) is 13.4. The molecule has 2 aromatic carbocycles. The van der Waals surface area contributed by atoms with Crippen molar-refractivity contribution in [2.45, 2.75) is 37.7 Å². The van der Waals surface area contributed by atoms with Crippen LogP contribution < -0.4 is 18.9 Å². The molecule has 0 amide bonds. The van der Waals surface area contributed by atoms with Crippen LogP contribution >= 0.6 is 0 Å². The van der Waals surface area contributed by atoms with Crippen molar-refractivity contribution in [1.82, 2.24) is 0 Å². The second-order valence-electron chi connectivity index (χ2n) is 7.10. The minimum absolute atomic E-state index is 0.198. The first-order valence-corrected chi connectivity index (χ1v) is 9.78. The minimum Gasteiger partial charge on any atom is -0.493 e. The molecule has 1 aliphatic rings. The highest BCUT2D eigenvalue weighted by atomic mass is 16.6. The molecule has 0 atom stereocenters. The van der Waals surface area contributed by atoms with Crippen molar-refractivity contribution >= 4 is 5.97 Å². The Labute approximate surface area is 171 Å². The van der Waals surface area contributed by atoms with Crippen LogP contribution in [0.4, 0.5) is 0 Å². The molecule has 1 saturated carbocycles. The molecule has 2 aromatic rings. The van der Waals surface area contributed by atoms with E-state index >= 15 is 0 Å². The summed E-state index contributed by atoms with van der Waals surface area (Å²) in [5.41, 5.74) is 0.565. The van der Waals surface area contributed by atoms with E-state index < -0.39 is 0 Å². The number of hydrogen-bond donors (Lipinski definition) is 0. The lowest BCUT2D eigenvalue weighted by molar-refractivity contribution is -0.151. The maximum Gasteiger partial charge on any atom is 0.306 e. The van der Waals surface area contributed by atoms with Gasteiger partial charge in [-0.25, -0.2) is 0 Å². The molecule has 0 saturated heterocycles. The molecular weight excluding hydrogens is 372 g/mol. The molecule has 6 heteroatoms. The van der Waals surface area contributed by atoms with Crippen molar-refractivity contribution < 1.29 is 28.5 Å². The van der Waals surface area contributed by atoms with Crippen molar-refractivity contribution in [3.63, 3.8) is 0 Å². The van der Waals surface area contributed by atoms with Gasteiger partial charge in [0.2, 0.25) is 5.75 Å². The Kier molecular flexibility index (Phi) is 6.86. The molecule has 1 fully saturated rings. The van der Waals surface area contributed by atoms with Crippen LogP contribution in [0.15, 0.2) is 42.5 Å². The van der Waals surface area contributed by atoms with E-state index in [0.29, 0.717) is 43.1 Å². The van der Waals surface area contributed by atoms with Crippen LogP contribution in [-0.2, 0) is 16.0 Å². The van der Waals surface area contributed by atoms with Crippen LogP contribution in [0.25, 0.3) is 0 Å². The zero-order chi connectivity index (χ0) is 20.7. The van der Waals surface area contributed by atoms with Crippen molar-refractivity contribution in [3.05, 3.63) is 48.0 Å². The number of para-hydroxylation sites is 1. The number of carbonyl (C=O) groups is 1. The monoisotopic (exact) mass is 400 g/mol. The van der Waals surface area contributed by atoms with Gasteiger partial charge in [0.25, 0.3) is 0 Å². The first-order valence-electron chi connectivity index (χ1n) is 9.78. The summed E-state index contributed by atoms with van der Waals surface area (Å²) in [7, 11) is 4.71.